The Bertz CT molecular complexity index is 420. The van der Waals surface area contributed by atoms with Gasteiger partial charge in [-0.15, -0.1) is 0 Å². The number of piperidine rings is 1. The maximum absolute atomic E-state index is 11.4. The van der Waals surface area contributed by atoms with Crippen molar-refractivity contribution in [1.29, 1.82) is 0 Å². The fourth-order valence-corrected chi connectivity index (χ4v) is 2.07. The highest BCUT2D eigenvalue weighted by Crippen LogP contribution is 2.32. The molecule has 0 saturated carbocycles. The lowest BCUT2D eigenvalue weighted by atomic mass is 9.93. The molecule has 5 heteroatoms. The molecule has 0 spiro atoms. The number of hydrogen-bond acceptors (Lipinski definition) is 4. The van der Waals surface area contributed by atoms with Crippen LogP contribution in [0.15, 0.2) is 12.3 Å². The summed E-state index contributed by atoms with van der Waals surface area (Å²) in [7, 11) is 0. The van der Waals surface area contributed by atoms with Gasteiger partial charge in [0.05, 0.1) is 24.2 Å². The molecular weight excluding hydrogens is 218 g/mol. The molecule has 3 N–H and O–H groups in total. The zero-order valence-corrected chi connectivity index (χ0v) is 9.90. The minimum Gasteiger partial charge on any atom is -0.492 e. The average molecular weight is 235 g/mol. The molecule has 1 fully saturated rings. The fourth-order valence-electron chi connectivity index (χ4n) is 2.07. The third kappa shape index (κ3) is 2.67. The molecule has 1 aliphatic heterocycles. The third-order valence-corrected chi connectivity index (χ3v) is 2.84. The summed E-state index contributed by atoms with van der Waals surface area (Å²) in [6.45, 7) is 3.18. The zero-order valence-electron chi connectivity index (χ0n) is 9.90. The van der Waals surface area contributed by atoms with Crippen molar-refractivity contribution >= 4 is 11.6 Å². The van der Waals surface area contributed by atoms with Gasteiger partial charge in [0.25, 0.3) is 0 Å². The molecule has 17 heavy (non-hydrogen) atoms. The number of nitrogens with two attached hydrogens (primary N) is 1. The maximum atomic E-state index is 11.4. The molecule has 2 rings (SSSR count). The van der Waals surface area contributed by atoms with Gasteiger partial charge >= 0.3 is 0 Å². The van der Waals surface area contributed by atoms with Crippen molar-refractivity contribution in [2.45, 2.75) is 25.7 Å². The Morgan fingerprint density at radius 1 is 1.65 bits per heavy atom. The Labute approximate surface area is 100 Å². The van der Waals surface area contributed by atoms with Crippen LogP contribution in [0.3, 0.4) is 0 Å². The van der Waals surface area contributed by atoms with Crippen LogP contribution in [0.4, 0.5) is 5.69 Å². The van der Waals surface area contributed by atoms with Gasteiger partial charge < -0.3 is 15.8 Å². The number of nitrogens with one attached hydrogen (secondary N) is 1. The Morgan fingerprint density at radius 2 is 2.47 bits per heavy atom. The van der Waals surface area contributed by atoms with Crippen molar-refractivity contribution in [2.75, 3.05) is 18.9 Å². The van der Waals surface area contributed by atoms with Gasteiger partial charge in [-0.25, -0.2) is 0 Å². The predicted molar refractivity (Wildman–Crippen MR) is 64.8 cm³/mol. The van der Waals surface area contributed by atoms with Gasteiger partial charge in [-0.3, -0.25) is 9.78 Å². The number of rotatable bonds is 3. The smallest absolute Gasteiger partial charge is 0.220 e. The summed E-state index contributed by atoms with van der Waals surface area (Å²) in [6.07, 6.45) is 2.98. The zero-order chi connectivity index (χ0) is 12.3. The second-order valence-corrected chi connectivity index (χ2v) is 4.12. The van der Waals surface area contributed by atoms with Gasteiger partial charge in [-0.2, -0.15) is 0 Å². The number of amides is 1. The number of nitrogens with zero attached hydrogens (tertiary/aromatic N) is 1. The van der Waals surface area contributed by atoms with Crippen LogP contribution < -0.4 is 15.8 Å². The van der Waals surface area contributed by atoms with Gasteiger partial charge in [0, 0.05) is 24.9 Å². The number of carbonyl (C=O) groups excluding carboxylic acids is 1. The van der Waals surface area contributed by atoms with Crippen LogP contribution in [-0.2, 0) is 4.79 Å². The van der Waals surface area contributed by atoms with Crippen molar-refractivity contribution in [3.8, 4) is 5.75 Å². The standard InChI is InChI=1S/C12H17N3O2/c1-2-17-10-6-9(13)7-15-12(10)8-3-4-14-11(16)5-8/h6-8H,2-5,13H2,1H3,(H,14,16). The number of hydrogen-bond donors (Lipinski definition) is 2. The van der Waals surface area contributed by atoms with Gasteiger partial charge in [-0.05, 0) is 13.3 Å². The van der Waals surface area contributed by atoms with Gasteiger partial charge in [0.1, 0.15) is 5.75 Å². The molecular formula is C12H17N3O2. The summed E-state index contributed by atoms with van der Waals surface area (Å²) in [6, 6.07) is 1.78. The van der Waals surface area contributed by atoms with E-state index < -0.39 is 0 Å². The van der Waals surface area contributed by atoms with E-state index in [9.17, 15) is 4.79 Å². The molecule has 0 radical (unpaired) electrons. The van der Waals surface area contributed by atoms with E-state index in [1.54, 1.807) is 12.3 Å². The number of aromatic nitrogens is 1. The first-order chi connectivity index (χ1) is 8.20. The average Bonchev–Trinajstić information content (AvgIpc) is 2.29. The largest absolute Gasteiger partial charge is 0.492 e. The Morgan fingerprint density at radius 3 is 3.18 bits per heavy atom. The molecule has 2 heterocycles. The summed E-state index contributed by atoms with van der Waals surface area (Å²) in [5.41, 5.74) is 7.12. The number of pyridine rings is 1. The van der Waals surface area contributed by atoms with Crippen molar-refractivity contribution in [3.05, 3.63) is 18.0 Å². The van der Waals surface area contributed by atoms with Crippen LogP contribution in [0.25, 0.3) is 0 Å². The van der Waals surface area contributed by atoms with Gasteiger partial charge in [0.2, 0.25) is 5.91 Å². The first-order valence-corrected chi connectivity index (χ1v) is 5.85. The van der Waals surface area contributed by atoms with E-state index >= 15 is 0 Å². The van der Waals surface area contributed by atoms with Crippen LogP contribution in [0.5, 0.6) is 5.75 Å². The molecule has 0 aliphatic carbocycles. The van der Waals surface area contributed by atoms with Gasteiger partial charge in [-0.1, -0.05) is 0 Å². The Kier molecular flexibility index (Phi) is 3.46. The first kappa shape index (κ1) is 11.7. The maximum Gasteiger partial charge on any atom is 0.220 e. The van der Waals surface area contributed by atoms with Crippen LogP contribution >= 0.6 is 0 Å². The van der Waals surface area contributed by atoms with Crippen molar-refractivity contribution in [2.24, 2.45) is 0 Å². The SMILES string of the molecule is CCOc1cc(N)cnc1C1CCNC(=O)C1. The monoisotopic (exact) mass is 235 g/mol. The number of carbonyl (C=O) groups is 1. The highest BCUT2D eigenvalue weighted by molar-refractivity contribution is 5.77. The highest BCUT2D eigenvalue weighted by Gasteiger charge is 2.24. The first-order valence-electron chi connectivity index (χ1n) is 5.85. The summed E-state index contributed by atoms with van der Waals surface area (Å²) >= 11 is 0. The second-order valence-electron chi connectivity index (χ2n) is 4.12. The van der Waals surface area contributed by atoms with Crippen molar-refractivity contribution in [3.63, 3.8) is 0 Å². The predicted octanol–water partition coefficient (Wildman–Crippen LogP) is 1.06. The Balaban J connectivity index is 2.26. The fraction of sp³-hybridized carbons (Fsp3) is 0.500. The van der Waals surface area contributed by atoms with E-state index in [0.717, 1.165) is 12.1 Å². The molecule has 1 aromatic rings. The van der Waals surface area contributed by atoms with E-state index in [1.165, 1.54) is 0 Å². The minimum atomic E-state index is 0.0716. The third-order valence-electron chi connectivity index (χ3n) is 2.84. The topological polar surface area (TPSA) is 77.2 Å². The van der Waals surface area contributed by atoms with Gasteiger partial charge in [0.15, 0.2) is 0 Å². The van der Waals surface area contributed by atoms with E-state index in [2.05, 4.69) is 10.3 Å². The van der Waals surface area contributed by atoms with E-state index in [-0.39, 0.29) is 11.8 Å². The quantitative estimate of drug-likeness (QED) is 0.821. The molecule has 1 aliphatic rings. The van der Waals surface area contributed by atoms with E-state index in [0.29, 0.717) is 31.0 Å². The molecule has 0 aromatic carbocycles. The van der Waals surface area contributed by atoms with Crippen LogP contribution in [0, 0.1) is 0 Å². The lowest BCUT2D eigenvalue weighted by Gasteiger charge is -2.23. The van der Waals surface area contributed by atoms with Crippen molar-refractivity contribution < 1.29 is 9.53 Å². The molecule has 0 bridgehead atoms. The molecule has 1 aromatic heterocycles. The summed E-state index contributed by atoms with van der Waals surface area (Å²) in [5.74, 6) is 0.903. The summed E-state index contributed by atoms with van der Waals surface area (Å²) in [5, 5.41) is 2.81. The lowest BCUT2D eigenvalue weighted by Crippen LogP contribution is -2.33. The van der Waals surface area contributed by atoms with Crippen LogP contribution in [-0.4, -0.2) is 24.0 Å². The lowest BCUT2D eigenvalue weighted by molar-refractivity contribution is -0.122. The Hall–Kier alpha value is -1.78. The molecule has 5 nitrogen and oxygen atoms in total. The second kappa shape index (κ2) is 5.03. The molecule has 92 valence electrons. The highest BCUT2D eigenvalue weighted by atomic mass is 16.5. The van der Waals surface area contributed by atoms with Crippen LogP contribution in [0.2, 0.25) is 0 Å². The number of ether oxygens (including phenoxy) is 1. The van der Waals surface area contributed by atoms with Crippen LogP contribution in [0.1, 0.15) is 31.4 Å². The van der Waals surface area contributed by atoms with E-state index in [4.69, 9.17) is 10.5 Å². The number of nitrogen functional groups attached to an aromatic ring is 1. The normalized spacial score (nSPS) is 19.8. The minimum absolute atomic E-state index is 0.0716. The molecule has 1 amide bonds. The van der Waals surface area contributed by atoms with E-state index in [1.807, 2.05) is 6.92 Å². The van der Waals surface area contributed by atoms with Crippen molar-refractivity contribution in [1.82, 2.24) is 10.3 Å². The molecule has 1 saturated heterocycles. The summed E-state index contributed by atoms with van der Waals surface area (Å²) in [4.78, 5) is 15.7. The molecule has 1 unspecified atom stereocenters. The number of anilines is 1. The molecule has 1 atom stereocenters. The summed E-state index contributed by atoms with van der Waals surface area (Å²) < 4.78 is 5.53.